The summed E-state index contributed by atoms with van der Waals surface area (Å²) in [7, 11) is 0. The van der Waals surface area contributed by atoms with Crippen LogP contribution in [0.25, 0.3) is 6.08 Å². The van der Waals surface area contributed by atoms with Gasteiger partial charge in [-0.05, 0) is 141 Å². The van der Waals surface area contributed by atoms with Crippen molar-refractivity contribution in [3.8, 4) is 5.75 Å². The number of ether oxygens (including phenoxy) is 2. The highest BCUT2D eigenvalue weighted by Gasteiger charge is 2.71. The van der Waals surface area contributed by atoms with Gasteiger partial charge in [-0.2, -0.15) is 0 Å². The average molecular weight is 631 g/mol. The maximum absolute atomic E-state index is 13.0. The molecule has 5 nitrogen and oxygen atoms in total. The fraction of sp³-hybridized carbons (Fsp3) is 0.707. The molecule has 0 radical (unpaired) electrons. The summed E-state index contributed by atoms with van der Waals surface area (Å²) in [5.41, 5.74) is 2.82. The molecule has 5 heteroatoms. The predicted octanol–water partition coefficient (Wildman–Crippen LogP) is 9.54. The number of benzene rings is 1. The van der Waals surface area contributed by atoms with Crippen molar-refractivity contribution in [3.63, 3.8) is 0 Å². The molecule has 5 unspecified atom stereocenters. The van der Waals surface area contributed by atoms with E-state index in [0.717, 1.165) is 31.2 Å². The SMILES string of the molecule is C=C(C)C1CCC2(COC(C)=O)CC[C@]3(C)C(CC[C@@H]4[C@@]5(C)CC[C@H](OC(=O)/C=C/c6ccc(O)cc6)C(C)(C)C5CC[C@]43C)C12. The van der Waals surface area contributed by atoms with Crippen LogP contribution in [0.4, 0.5) is 0 Å². The molecule has 252 valence electrons. The summed E-state index contributed by atoms with van der Waals surface area (Å²) in [5.74, 6) is 2.57. The molecule has 0 heterocycles. The number of carbonyl (C=O) groups is 2. The van der Waals surface area contributed by atoms with Gasteiger partial charge < -0.3 is 14.6 Å². The Bertz CT molecular complexity index is 1390. The Labute approximate surface area is 277 Å². The Kier molecular flexibility index (Phi) is 8.37. The average Bonchev–Trinajstić information content (AvgIpc) is 3.38. The molecule has 5 aliphatic carbocycles. The Balaban J connectivity index is 1.23. The lowest BCUT2D eigenvalue weighted by atomic mass is 9.32. The number of rotatable bonds is 6. The fourth-order valence-electron chi connectivity index (χ4n) is 12.9. The number of phenols is 1. The Morgan fingerprint density at radius 1 is 0.870 bits per heavy atom. The first-order chi connectivity index (χ1) is 21.6. The van der Waals surface area contributed by atoms with E-state index >= 15 is 0 Å². The van der Waals surface area contributed by atoms with E-state index in [0.29, 0.717) is 36.2 Å². The van der Waals surface area contributed by atoms with E-state index in [2.05, 4.69) is 48.1 Å². The number of esters is 2. The first-order valence-corrected chi connectivity index (χ1v) is 18.0. The molecular weight excluding hydrogens is 572 g/mol. The normalized spacial score (nSPS) is 42.7. The molecule has 46 heavy (non-hydrogen) atoms. The van der Waals surface area contributed by atoms with Crippen LogP contribution in [0.15, 0.2) is 42.5 Å². The minimum Gasteiger partial charge on any atom is -0.508 e. The number of fused-ring (bicyclic) bond motifs is 7. The molecule has 10 atom stereocenters. The third kappa shape index (κ3) is 5.09. The number of hydrogen-bond donors (Lipinski definition) is 1. The van der Waals surface area contributed by atoms with Gasteiger partial charge in [-0.15, -0.1) is 0 Å². The van der Waals surface area contributed by atoms with Gasteiger partial charge in [0.1, 0.15) is 11.9 Å². The van der Waals surface area contributed by atoms with Crippen LogP contribution >= 0.6 is 0 Å². The molecule has 0 amide bonds. The van der Waals surface area contributed by atoms with E-state index in [1.54, 1.807) is 37.3 Å². The number of allylic oxidation sites excluding steroid dienone is 1. The van der Waals surface area contributed by atoms with Gasteiger partial charge in [-0.3, -0.25) is 4.79 Å². The second-order valence-electron chi connectivity index (χ2n) is 17.5. The summed E-state index contributed by atoms with van der Waals surface area (Å²) in [4.78, 5) is 25.0. The van der Waals surface area contributed by atoms with E-state index in [1.807, 2.05) is 0 Å². The van der Waals surface area contributed by atoms with Crippen molar-refractivity contribution in [1.82, 2.24) is 0 Å². The number of hydrogen-bond acceptors (Lipinski definition) is 5. The van der Waals surface area contributed by atoms with Crippen LogP contribution in [0, 0.1) is 56.7 Å². The maximum Gasteiger partial charge on any atom is 0.331 e. The lowest BCUT2D eigenvalue weighted by Crippen LogP contribution is -2.67. The van der Waals surface area contributed by atoms with Crippen molar-refractivity contribution in [2.24, 2.45) is 56.7 Å². The molecule has 5 saturated carbocycles. The first-order valence-electron chi connectivity index (χ1n) is 18.0. The Hall–Kier alpha value is -2.56. The van der Waals surface area contributed by atoms with Crippen molar-refractivity contribution >= 4 is 18.0 Å². The van der Waals surface area contributed by atoms with E-state index in [4.69, 9.17) is 9.47 Å². The number of carbonyl (C=O) groups excluding carboxylic acids is 2. The molecule has 0 aromatic heterocycles. The van der Waals surface area contributed by atoms with Crippen LogP contribution in [0.2, 0.25) is 0 Å². The van der Waals surface area contributed by atoms with Crippen molar-refractivity contribution in [2.75, 3.05) is 6.61 Å². The third-order valence-corrected chi connectivity index (χ3v) is 15.3. The van der Waals surface area contributed by atoms with Gasteiger partial charge in [0.2, 0.25) is 0 Å². The molecule has 5 aliphatic rings. The molecule has 0 saturated heterocycles. The van der Waals surface area contributed by atoms with Crippen LogP contribution in [0.3, 0.4) is 0 Å². The lowest BCUT2D eigenvalue weighted by Gasteiger charge is -2.73. The summed E-state index contributed by atoms with van der Waals surface area (Å²) < 4.78 is 12.1. The highest BCUT2D eigenvalue weighted by molar-refractivity contribution is 5.87. The summed E-state index contributed by atoms with van der Waals surface area (Å²) in [6.07, 6.45) is 14.7. The van der Waals surface area contributed by atoms with E-state index < -0.39 is 0 Å². The van der Waals surface area contributed by atoms with Crippen LogP contribution in [0.1, 0.15) is 118 Å². The molecule has 0 aliphatic heterocycles. The summed E-state index contributed by atoms with van der Waals surface area (Å²) in [6, 6.07) is 6.84. The highest BCUT2D eigenvalue weighted by atomic mass is 16.5. The third-order valence-electron chi connectivity index (χ3n) is 15.3. The first kappa shape index (κ1) is 33.3. The number of phenolic OH excluding ortho intramolecular Hbond substituents is 1. The minimum absolute atomic E-state index is 0.0877. The Morgan fingerprint density at radius 2 is 1.59 bits per heavy atom. The molecule has 5 fully saturated rings. The van der Waals surface area contributed by atoms with Gasteiger partial charge in [0.25, 0.3) is 0 Å². The van der Waals surface area contributed by atoms with Crippen molar-refractivity contribution in [2.45, 2.75) is 119 Å². The molecule has 6 rings (SSSR count). The van der Waals surface area contributed by atoms with Gasteiger partial charge in [-0.1, -0.05) is 58.9 Å². The monoisotopic (exact) mass is 630 g/mol. The van der Waals surface area contributed by atoms with Crippen molar-refractivity contribution < 1.29 is 24.2 Å². The summed E-state index contributed by atoms with van der Waals surface area (Å²) >= 11 is 0. The topological polar surface area (TPSA) is 72.8 Å². The van der Waals surface area contributed by atoms with E-state index in [-0.39, 0.29) is 50.9 Å². The highest BCUT2D eigenvalue weighted by Crippen LogP contribution is 2.77. The largest absolute Gasteiger partial charge is 0.508 e. The van der Waals surface area contributed by atoms with Gasteiger partial charge in [-0.25, -0.2) is 4.79 Å². The second kappa shape index (κ2) is 11.5. The van der Waals surface area contributed by atoms with Gasteiger partial charge in [0.05, 0.1) is 6.61 Å². The standard InChI is InChI=1S/C41H58O5/c1-26(2)30-17-22-41(25-45-27(3)42)24-23-39(7)31(36(30)41)14-15-33-38(6)20-19-34(37(4,5)32(38)18-21-40(33,39)8)46-35(44)16-11-28-9-12-29(43)13-10-28/h9-13,16,30-34,36,43H,1,14-15,17-25H2,2-8H3/b16-11+/t30?,31?,32?,33-,34+,36?,38+,39-,40-,41?/m1/s1. The Morgan fingerprint density at radius 3 is 2.26 bits per heavy atom. The predicted molar refractivity (Wildman–Crippen MR) is 183 cm³/mol. The van der Waals surface area contributed by atoms with Crippen molar-refractivity contribution in [1.29, 1.82) is 0 Å². The van der Waals surface area contributed by atoms with Gasteiger partial charge in [0, 0.05) is 23.8 Å². The zero-order valence-corrected chi connectivity index (χ0v) is 29.5. The van der Waals surface area contributed by atoms with Crippen LogP contribution in [-0.4, -0.2) is 29.8 Å². The van der Waals surface area contributed by atoms with Gasteiger partial charge >= 0.3 is 11.9 Å². The smallest absolute Gasteiger partial charge is 0.331 e. The van der Waals surface area contributed by atoms with Crippen LogP contribution in [0.5, 0.6) is 5.75 Å². The summed E-state index contributed by atoms with van der Waals surface area (Å²) in [5, 5.41) is 9.56. The second-order valence-corrected chi connectivity index (χ2v) is 17.5. The van der Waals surface area contributed by atoms with E-state index in [1.165, 1.54) is 50.2 Å². The number of aromatic hydroxyl groups is 1. The quantitative estimate of drug-likeness (QED) is 0.193. The van der Waals surface area contributed by atoms with Crippen LogP contribution < -0.4 is 0 Å². The molecule has 0 spiro atoms. The summed E-state index contributed by atoms with van der Waals surface area (Å²) in [6.45, 7) is 21.5. The zero-order valence-electron chi connectivity index (χ0n) is 29.5. The lowest BCUT2D eigenvalue weighted by molar-refractivity contribution is -0.251. The molecule has 1 N–H and O–H groups in total. The van der Waals surface area contributed by atoms with Gasteiger partial charge in [0.15, 0.2) is 0 Å². The molecule has 0 bridgehead atoms. The maximum atomic E-state index is 13.0. The molecular formula is C41H58O5. The zero-order chi connectivity index (χ0) is 33.3. The minimum atomic E-state index is -0.286. The van der Waals surface area contributed by atoms with Crippen molar-refractivity contribution in [3.05, 3.63) is 48.1 Å². The van der Waals surface area contributed by atoms with Crippen LogP contribution in [-0.2, 0) is 19.1 Å². The molecule has 1 aromatic carbocycles. The molecule has 1 aromatic rings. The van der Waals surface area contributed by atoms with E-state index in [9.17, 15) is 14.7 Å². The fourth-order valence-corrected chi connectivity index (χ4v) is 12.9.